The van der Waals surface area contributed by atoms with Crippen molar-refractivity contribution in [2.24, 2.45) is 12.0 Å². The fourth-order valence-electron chi connectivity index (χ4n) is 3.93. The molecule has 2 aromatic rings. The molecule has 0 aliphatic carbocycles. The minimum absolute atomic E-state index is 0. The molecular weight excluding hydrogens is 495 g/mol. The maximum absolute atomic E-state index is 5.97. The number of nitrogens with one attached hydrogen (secondary N) is 1. The summed E-state index contributed by atoms with van der Waals surface area (Å²) in [6, 6.07) is 8.57. The normalized spacial score (nSPS) is 20.1. The number of guanidine groups is 1. The molecule has 0 amide bonds. The van der Waals surface area contributed by atoms with Gasteiger partial charge in [-0.1, -0.05) is 18.2 Å². The predicted octanol–water partition coefficient (Wildman–Crippen LogP) is 2.02. The molecule has 1 N–H and O–H groups in total. The van der Waals surface area contributed by atoms with Crippen LogP contribution in [0.2, 0.25) is 0 Å². The van der Waals surface area contributed by atoms with Crippen molar-refractivity contribution in [2.45, 2.75) is 12.6 Å². The topological polar surface area (TPSA) is 67.2 Å². The van der Waals surface area contributed by atoms with Gasteiger partial charge in [-0.15, -0.1) is 24.0 Å². The molecule has 0 bridgehead atoms. The standard InChI is InChI=1S/C21H30N6O2.HI/c1-22-21(27-9-12-29-20(16-27)18-14-24-25(2)15-18)23-13-17-5-3-4-6-19(17)26-7-10-28-11-8-26;/h3-6,14-15,20H,7-13,16H2,1-2H3,(H,22,23);1H. The van der Waals surface area contributed by atoms with Crippen molar-refractivity contribution >= 4 is 35.6 Å². The van der Waals surface area contributed by atoms with Crippen molar-refractivity contribution in [3.05, 3.63) is 47.8 Å². The van der Waals surface area contributed by atoms with Crippen LogP contribution in [0.4, 0.5) is 5.69 Å². The lowest BCUT2D eigenvalue weighted by Crippen LogP contribution is -2.48. The van der Waals surface area contributed by atoms with Gasteiger partial charge >= 0.3 is 0 Å². The molecule has 2 aliphatic rings. The summed E-state index contributed by atoms with van der Waals surface area (Å²) in [6.07, 6.45) is 3.91. The molecule has 0 saturated carbocycles. The first-order valence-corrected chi connectivity index (χ1v) is 10.2. The number of aryl methyl sites for hydroxylation is 1. The molecule has 3 heterocycles. The van der Waals surface area contributed by atoms with Gasteiger partial charge in [-0.25, -0.2) is 0 Å². The highest BCUT2D eigenvalue weighted by Gasteiger charge is 2.25. The maximum atomic E-state index is 5.97. The van der Waals surface area contributed by atoms with E-state index in [1.54, 1.807) is 0 Å². The van der Waals surface area contributed by atoms with Gasteiger partial charge in [0.25, 0.3) is 0 Å². The Balaban J connectivity index is 0.00000256. The van der Waals surface area contributed by atoms with E-state index in [0.717, 1.165) is 57.5 Å². The number of aliphatic imine (C=N–C) groups is 1. The second kappa shape index (κ2) is 11.0. The van der Waals surface area contributed by atoms with Crippen LogP contribution >= 0.6 is 24.0 Å². The molecule has 8 nitrogen and oxygen atoms in total. The third kappa shape index (κ3) is 5.44. The molecule has 1 atom stereocenters. The molecule has 1 aromatic heterocycles. The Hall–Kier alpha value is -1.85. The number of benzene rings is 1. The first-order valence-electron chi connectivity index (χ1n) is 10.2. The van der Waals surface area contributed by atoms with Crippen LogP contribution in [-0.4, -0.2) is 73.7 Å². The highest BCUT2D eigenvalue weighted by atomic mass is 127. The number of para-hydroxylation sites is 1. The summed E-state index contributed by atoms with van der Waals surface area (Å²) < 4.78 is 13.3. The molecule has 0 spiro atoms. The van der Waals surface area contributed by atoms with Gasteiger partial charge < -0.3 is 24.6 Å². The molecule has 1 unspecified atom stereocenters. The summed E-state index contributed by atoms with van der Waals surface area (Å²) in [4.78, 5) is 9.19. The van der Waals surface area contributed by atoms with Crippen LogP contribution in [0.25, 0.3) is 0 Å². The number of rotatable bonds is 4. The van der Waals surface area contributed by atoms with Gasteiger partial charge in [0.1, 0.15) is 6.10 Å². The zero-order chi connectivity index (χ0) is 20.1. The lowest BCUT2D eigenvalue weighted by molar-refractivity contribution is -0.00805. The monoisotopic (exact) mass is 526 g/mol. The van der Waals surface area contributed by atoms with Gasteiger partial charge in [-0.2, -0.15) is 5.10 Å². The molecule has 4 rings (SSSR count). The Morgan fingerprint density at radius 3 is 2.73 bits per heavy atom. The summed E-state index contributed by atoms with van der Waals surface area (Å²) >= 11 is 0. The summed E-state index contributed by atoms with van der Waals surface area (Å²) in [6.45, 7) is 6.42. The Morgan fingerprint density at radius 2 is 2.00 bits per heavy atom. The molecule has 164 valence electrons. The average Bonchev–Trinajstić information content (AvgIpc) is 3.22. The largest absolute Gasteiger partial charge is 0.378 e. The van der Waals surface area contributed by atoms with Crippen LogP contribution in [-0.2, 0) is 23.1 Å². The van der Waals surface area contributed by atoms with Crippen LogP contribution in [0.3, 0.4) is 0 Å². The van der Waals surface area contributed by atoms with Crippen molar-refractivity contribution in [3.63, 3.8) is 0 Å². The average molecular weight is 526 g/mol. The van der Waals surface area contributed by atoms with Crippen LogP contribution in [0, 0.1) is 0 Å². The number of morpholine rings is 2. The van der Waals surface area contributed by atoms with Crippen molar-refractivity contribution in [1.29, 1.82) is 0 Å². The fourth-order valence-corrected chi connectivity index (χ4v) is 3.93. The van der Waals surface area contributed by atoms with Crippen molar-refractivity contribution in [3.8, 4) is 0 Å². The van der Waals surface area contributed by atoms with Gasteiger partial charge in [-0.05, 0) is 11.6 Å². The van der Waals surface area contributed by atoms with Crippen LogP contribution in [0.1, 0.15) is 17.2 Å². The molecule has 0 radical (unpaired) electrons. The van der Waals surface area contributed by atoms with Gasteiger partial charge in [0.2, 0.25) is 0 Å². The first kappa shape index (κ1) is 22.8. The number of hydrogen-bond donors (Lipinski definition) is 1. The van der Waals surface area contributed by atoms with Crippen molar-refractivity contribution in [2.75, 3.05) is 57.9 Å². The number of ether oxygens (including phenoxy) is 2. The zero-order valence-electron chi connectivity index (χ0n) is 17.7. The number of anilines is 1. The smallest absolute Gasteiger partial charge is 0.194 e. The van der Waals surface area contributed by atoms with Crippen molar-refractivity contribution in [1.82, 2.24) is 20.0 Å². The van der Waals surface area contributed by atoms with Crippen molar-refractivity contribution < 1.29 is 9.47 Å². The minimum Gasteiger partial charge on any atom is -0.378 e. The van der Waals surface area contributed by atoms with Gasteiger partial charge in [0, 0.05) is 57.7 Å². The molecule has 1 aromatic carbocycles. The van der Waals surface area contributed by atoms with E-state index < -0.39 is 0 Å². The summed E-state index contributed by atoms with van der Waals surface area (Å²) in [7, 11) is 3.77. The second-order valence-electron chi connectivity index (χ2n) is 7.38. The Bertz CT molecular complexity index is 836. The lowest BCUT2D eigenvalue weighted by Gasteiger charge is -2.35. The molecular formula is C21H31IN6O2. The molecule has 2 aliphatic heterocycles. The maximum Gasteiger partial charge on any atom is 0.194 e. The predicted molar refractivity (Wildman–Crippen MR) is 129 cm³/mol. The minimum atomic E-state index is 0. The Morgan fingerprint density at radius 1 is 1.20 bits per heavy atom. The van der Waals surface area contributed by atoms with E-state index in [1.165, 1.54) is 11.3 Å². The molecule has 2 saturated heterocycles. The number of hydrogen-bond acceptors (Lipinski definition) is 5. The first-order chi connectivity index (χ1) is 14.2. The summed E-state index contributed by atoms with van der Waals surface area (Å²) in [5, 5.41) is 7.82. The molecule has 30 heavy (non-hydrogen) atoms. The SMILES string of the molecule is CN=C(NCc1ccccc1N1CCOCC1)N1CCOC(c2cnn(C)c2)C1.I. The van der Waals surface area contributed by atoms with E-state index in [9.17, 15) is 0 Å². The van der Waals surface area contributed by atoms with E-state index in [-0.39, 0.29) is 30.1 Å². The fraction of sp³-hybridized carbons (Fsp3) is 0.524. The third-order valence-electron chi connectivity index (χ3n) is 5.45. The Kier molecular flexibility index (Phi) is 8.34. The number of aromatic nitrogens is 2. The Labute approximate surface area is 195 Å². The highest BCUT2D eigenvalue weighted by molar-refractivity contribution is 14.0. The van der Waals surface area contributed by atoms with E-state index in [1.807, 2.05) is 31.2 Å². The highest BCUT2D eigenvalue weighted by Crippen LogP contribution is 2.23. The third-order valence-corrected chi connectivity index (χ3v) is 5.45. The van der Waals surface area contributed by atoms with Crippen LogP contribution < -0.4 is 10.2 Å². The quantitative estimate of drug-likeness (QED) is 0.374. The number of halogens is 1. The second-order valence-corrected chi connectivity index (χ2v) is 7.38. The molecule has 2 fully saturated rings. The van der Waals surface area contributed by atoms with E-state index in [4.69, 9.17) is 9.47 Å². The van der Waals surface area contributed by atoms with E-state index in [2.05, 4.69) is 49.5 Å². The van der Waals surface area contributed by atoms with Gasteiger partial charge in [0.15, 0.2) is 5.96 Å². The summed E-state index contributed by atoms with van der Waals surface area (Å²) in [5.74, 6) is 0.902. The van der Waals surface area contributed by atoms with Crippen LogP contribution in [0.5, 0.6) is 0 Å². The van der Waals surface area contributed by atoms with E-state index >= 15 is 0 Å². The lowest BCUT2D eigenvalue weighted by atomic mass is 10.1. The van der Waals surface area contributed by atoms with Crippen LogP contribution in [0.15, 0.2) is 41.7 Å². The zero-order valence-corrected chi connectivity index (χ0v) is 20.0. The number of nitrogens with zero attached hydrogens (tertiary/aromatic N) is 5. The molecule has 9 heteroatoms. The van der Waals surface area contributed by atoms with Gasteiger partial charge in [-0.3, -0.25) is 9.67 Å². The van der Waals surface area contributed by atoms with Gasteiger partial charge in [0.05, 0.1) is 32.6 Å². The summed E-state index contributed by atoms with van der Waals surface area (Å²) in [5.41, 5.74) is 3.65. The van der Waals surface area contributed by atoms with E-state index in [0.29, 0.717) is 6.61 Å².